The van der Waals surface area contributed by atoms with Crippen LogP contribution >= 0.6 is 0 Å². The van der Waals surface area contributed by atoms with Crippen molar-refractivity contribution in [3.05, 3.63) is 59.4 Å². The SMILES string of the molecule is CC(C=CS(C)(=O)=O)NC(=O)c1cnc(C2CC3(CC3)C2)nc1Oc1ccccc1. The predicted octanol–water partition coefficient (Wildman–Crippen LogP) is 3.60. The summed E-state index contributed by atoms with van der Waals surface area (Å²) in [5.41, 5.74) is 0.731. The van der Waals surface area contributed by atoms with Gasteiger partial charge < -0.3 is 10.1 Å². The Hall–Kier alpha value is -2.74. The fraction of sp³-hybridized carbons (Fsp3) is 0.409. The summed E-state index contributed by atoms with van der Waals surface area (Å²) in [6, 6.07) is 8.67. The third kappa shape index (κ3) is 4.87. The molecule has 7 nitrogen and oxygen atoms in total. The highest BCUT2D eigenvalue weighted by atomic mass is 32.2. The number of aromatic nitrogens is 2. The molecule has 0 saturated heterocycles. The first-order valence-electron chi connectivity index (χ1n) is 10.0. The molecular weight excluding hydrogens is 402 g/mol. The van der Waals surface area contributed by atoms with Crippen LogP contribution in [0, 0.1) is 5.41 Å². The highest BCUT2D eigenvalue weighted by molar-refractivity contribution is 7.93. The number of benzene rings is 1. The quantitative estimate of drug-likeness (QED) is 0.725. The van der Waals surface area contributed by atoms with Gasteiger partial charge in [-0.2, -0.15) is 4.98 Å². The highest BCUT2D eigenvalue weighted by Crippen LogP contribution is 2.65. The second-order valence-electron chi connectivity index (χ2n) is 8.39. The van der Waals surface area contributed by atoms with E-state index < -0.39 is 21.8 Å². The molecule has 0 aliphatic heterocycles. The lowest BCUT2D eigenvalue weighted by Gasteiger charge is -2.34. The molecule has 1 amide bonds. The van der Waals surface area contributed by atoms with Crippen LogP contribution < -0.4 is 10.1 Å². The Morgan fingerprint density at radius 1 is 1.27 bits per heavy atom. The lowest BCUT2D eigenvalue weighted by molar-refractivity contribution is 0.0943. The van der Waals surface area contributed by atoms with Gasteiger partial charge in [0.15, 0.2) is 9.84 Å². The molecule has 30 heavy (non-hydrogen) atoms. The molecule has 4 rings (SSSR count). The zero-order chi connectivity index (χ0) is 21.4. The number of para-hydroxylation sites is 1. The maximum atomic E-state index is 12.8. The normalized spacial score (nSPS) is 18.7. The van der Waals surface area contributed by atoms with Crippen molar-refractivity contribution in [2.75, 3.05) is 6.26 Å². The summed E-state index contributed by atoms with van der Waals surface area (Å²) in [6.45, 7) is 1.69. The molecule has 1 N–H and O–H groups in total. The van der Waals surface area contributed by atoms with Crippen molar-refractivity contribution in [1.82, 2.24) is 15.3 Å². The van der Waals surface area contributed by atoms with Gasteiger partial charge in [-0.15, -0.1) is 0 Å². The average molecular weight is 428 g/mol. The Balaban J connectivity index is 1.55. The highest BCUT2D eigenvalue weighted by Gasteiger charge is 2.54. The molecule has 2 saturated carbocycles. The average Bonchev–Trinajstić information content (AvgIpc) is 3.47. The van der Waals surface area contributed by atoms with Gasteiger partial charge in [0.25, 0.3) is 5.91 Å². The van der Waals surface area contributed by atoms with Gasteiger partial charge in [0, 0.05) is 29.8 Å². The smallest absolute Gasteiger partial charge is 0.258 e. The summed E-state index contributed by atoms with van der Waals surface area (Å²) in [5.74, 6) is 1.37. The first kappa shape index (κ1) is 20.5. The molecule has 158 valence electrons. The summed E-state index contributed by atoms with van der Waals surface area (Å²) in [7, 11) is -3.27. The number of nitrogens with one attached hydrogen (secondary N) is 1. The van der Waals surface area contributed by atoms with E-state index in [1.807, 2.05) is 18.2 Å². The van der Waals surface area contributed by atoms with Crippen LogP contribution in [0.5, 0.6) is 11.6 Å². The van der Waals surface area contributed by atoms with Crippen LogP contribution in [-0.4, -0.2) is 36.6 Å². The number of carbonyl (C=O) groups is 1. The fourth-order valence-corrected chi connectivity index (χ4v) is 4.28. The zero-order valence-corrected chi connectivity index (χ0v) is 17.9. The molecule has 2 aliphatic carbocycles. The van der Waals surface area contributed by atoms with Crippen molar-refractivity contribution >= 4 is 15.7 Å². The number of rotatable bonds is 7. The van der Waals surface area contributed by atoms with Crippen molar-refractivity contribution in [3.8, 4) is 11.6 Å². The van der Waals surface area contributed by atoms with Gasteiger partial charge in [-0.1, -0.05) is 24.3 Å². The van der Waals surface area contributed by atoms with E-state index >= 15 is 0 Å². The molecule has 1 aromatic heterocycles. The summed E-state index contributed by atoms with van der Waals surface area (Å²) in [4.78, 5) is 21.8. The van der Waals surface area contributed by atoms with E-state index in [1.165, 1.54) is 25.1 Å². The third-order valence-electron chi connectivity index (χ3n) is 5.63. The Morgan fingerprint density at radius 3 is 2.60 bits per heavy atom. The number of hydrogen-bond donors (Lipinski definition) is 1. The number of amides is 1. The van der Waals surface area contributed by atoms with E-state index in [-0.39, 0.29) is 11.4 Å². The Labute approximate surface area is 176 Å². The summed E-state index contributed by atoms with van der Waals surface area (Å²) in [5, 5.41) is 3.82. The van der Waals surface area contributed by atoms with Crippen LogP contribution in [0.3, 0.4) is 0 Å². The van der Waals surface area contributed by atoms with E-state index in [0.717, 1.165) is 24.5 Å². The van der Waals surface area contributed by atoms with Crippen LogP contribution in [0.4, 0.5) is 0 Å². The number of sulfone groups is 1. The minimum absolute atomic E-state index is 0.208. The molecule has 0 radical (unpaired) electrons. The summed E-state index contributed by atoms with van der Waals surface area (Å²) in [6.07, 6.45) is 8.78. The van der Waals surface area contributed by atoms with Gasteiger partial charge in [0.1, 0.15) is 17.1 Å². The molecule has 2 aliphatic rings. The standard InChI is InChI=1S/C22H25N3O4S/c1-15(8-11-30(2,27)28)24-20(26)18-14-23-19(16-12-22(13-16)9-10-22)25-21(18)29-17-6-4-3-5-7-17/h3-8,11,14-16H,9-10,12-13H2,1-2H3,(H,24,26). The molecule has 1 spiro atoms. The van der Waals surface area contributed by atoms with E-state index in [2.05, 4.69) is 15.3 Å². The maximum Gasteiger partial charge on any atom is 0.258 e. The van der Waals surface area contributed by atoms with Gasteiger partial charge in [-0.05, 0) is 50.2 Å². The summed E-state index contributed by atoms with van der Waals surface area (Å²) >= 11 is 0. The van der Waals surface area contributed by atoms with E-state index in [9.17, 15) is 13.2 Å². The van der Waals surface area contributed by atoms with Gasteiger partial charge in [-0.25, -0.2) is 13.4 Å². The minimum Gasteiger partial charge on any atom is -0.438 e. The fourth-order valence-electron chi connectivity index (χ4n) is 3.76. The van der Waals surface area contributed by atoms with Crippen LogP contribution in [-0.2, 0) is 9.84 Å². The molecule has 1 unspecified atom stereocenters. The summed E-state index contributed by atoms with van der Waals surface area (Å²) < 4.78 is 28.5. The van der Waals surface area contributed by atoms with Gasteiger partial charge >= 0.3 is 0 Å². The number of hydrogen-bond acceptors (Lipinski definition) is 6. The first-order chi connectivity index (χ1) is 14.2. The van der Waals surface area contributed by atoms with Crippen LogP contribution in [0.1, 0.15) is 54.7 Å². The van der Waals surface area contributed by atoms with Crippen LogP contribution in [0.25, 0.3) is 0 Å². The molecule has 1 heterocycles. The lowest BCUT2D eigenvalue weighted by atomic mass is 9.71. The molecule has 2 aromatic rings. The second kappa shape index (κ2) is 7.83. The molecule has 1 aromatic carbocycles. The van der Waals surface area contributed by atoms with E-state index in [0.29, 0.717) is 22.9 Å². The van der Waals surface area contributed by atoms with Gasteiger partial charge in [0.2, 0.25) is 5.88 Å². The number of carbonyl (C=O) groups excluding carboxylic acids is 1. The number of ether oxygens (including phenoxy) is 1. The third-order valence-corrected chi connectivity index (χ3v) is 6.28. The topological polar surface area (TPSA) is 98.2 Å². The van der Waals surface area contributed by atoms with Crippen molar-refractivity contribution in [1.29, 1.82) is 0 Å². The first-order valence-corrected chi connectivity index (χ1v) is 12.0. The Bertz CT molecular complexity index is 1070. The molecule has 0 bridgehead atoms. The molecular formula is C22H25N3O4S. The monoisotopic (exact) mass is 427 g/mol. The zero-order valence-electron chi connectivity index (χ0n) is 17.0. The van der Waals surface area contributed by atoms with Gasteiger partial charge in [-0.3, -0.25) is 4.79 Å². The van der Waals surface area contributed by atoms with E-state index in [1.54, 1.807) is 19.1 Å². The minimum atomic E-state index is -3.27. The van der Waals surface area contributed by atoms with E-state index in [4.69, 9.17) is 4.74 Å². The second-order valence-corrected chi connectivity index (χ2v) is 10.3. The van der Waals surface area contributed by atoms with Crippen LogP contribution in [0.15, 0.2) is 48.0 Å². The predicted molar refractivity (Wildman–Crippen MR) is 113 cm³/mol. The molecule has 1 atom stereocenters. The Kier molecular flexibility index (Phi) is 5.36. The lowest BCUT2D eigenvalue weighted by Crippen LogP contribution is -2.32. The Morgan fingerprint density at radius 2 is 1.97 bits per heavy atom. The van der Waals surface area contributed by atoms with Gasteiger partial charge in [0.05, 0.1) is 0 Å². The van der Waals surface area contributed by atoms with Crippen molar-refractivity contribution in [2.24, 2.45) is 5.41 Å². The van der Waals surface area contributed by atoms with Crippen molar-refractivity contribution in [3.63, 3.8) is 0 Å². The maximum absolute atomic E-state index is 12.8. The molecule has 8 heteroatoms. The van der Waals surface area contributed by atoms with Crippen molar-refractivity contribution < 1.29 is 17.9 Å². The van der Waals surface area contributed by atoms with Crippen LogP contribution in [0.2, 0.25) is 0 Å². The molecule has 2 fully saturated rings. The van der Waals surface area contributed by atoms with Crippen molar-refractivity contribution in [2.45, 2.75) is 44.6 Å². The number of nitrogens with zero attached hydrogens (tertiary/aromatic N) is 2. The largest absolute Gasteiger partial charge is 0.438 e.